The van der Waals surface area contributed by atoms with Gasteiger partial charge in [-0.05, 0) is 36.5 Å². The average Bonchev–Trinajstić information content (AvgIpc) is 2.96. The Bertz CT molecular complexity index is 754. The molecule has 2 aliphatic heterocycles. The summed E-state index contributed by atoms with van der Waals surface area (Å²) in [6.07, 6.45) is 2.93. The van der Waals surface area contributed by atoms with Crippen LogP contribution in [-0.4, -0.2) is 29.4 Å². The van der Waals surface area contributed by atoms with Crippen molar-refractivity contribution in [3.8, 4) is 0 Å². The lowest BCUT2D eigenvalue weighted by Crippen LogP contribution is -2.50. The van der Waals surface area contributed by atoms with Crippen LogP contribution in [0.2, 0.25) is 5.02 Å². The van der Waals surface area contributed by atoms with Gasteiger partial charge in [0.25, 0.3) is 0 Å². The summed E-state index contributed by atoms with van der Waals surface area (Å²) in [5.74, 6) is 0.182. The number of hydrogen-bond acceptors (Lipinski definition) is 2. The number of amides is 1. The van der Waals surface area contributed by atoms with Gasteiger partial charge in [-0.1, -0.05) is 60.1 Å². The molecule has 1 amide bonds. The van der Waals surface area contributed by atoms with Crippen LogP contribution in [0.5, 0.6) is 0 Å². The largest absolute Gasteiger partial charge is 0.350 e. The fourth-order valence-corrected chi connectivity index (χ4v) is 4.37. The lowest BCUT2D eigenvalue weighted by molar-refractivity contribution is -0.121. The van der Waals surface area contributed by atoms with Crippen molar-refractivity contribution in [2.24, 2.45) is 0 Å². The summed E-state index contributed by atoms with van der Waals surface area (Å²) in [6.45, 7) is 2.87. The van der Waals surface area contributed by atoms with E-state index >= 15 is 0 Å². The first-order valence-corrected chi connectivity index (χ1v) is 9.36. The molecule has 0 bridgehead atoms. The van der Waals surface area contributed by atoms with E-state index in [-0.39, 0.29) is 17.4 Å². The molecule has 130 valence electrons. The molecule has 0 aromatic heterocycles. The molecule has 1 atom stereocenters. The number of benzene rings is 2. The second-order valence-corrected chi connectivity index (χ2v) is 7.71. The molecule has 0 radical (unpaired) electrons. The zero-order chi connectivity index (χ0) is 17.3. The molecule has 25 heavy (non-hydrogen) atoms. The molecule has 3 nitrogen and oxygen atoms in total. The minimum Gasteiger partial charge on any atom is -0.350 e. The van der Waals surface area contributed by atoms with Crippen molar-refractivity contribution in [1.82, 2.24) is 10.2 Å². The highest BCUT2D eigenvalue weighted by Crippen LogP contribution is 2.39. The maximum Gasteiger partial charge on any atom is 0.228 e. The van der Waals surface area contributed by atoms with E-state index in [2.05, 4.69) is 28.4 Å². The zero-order valence-electron chi connectivity index (χ0n) is 14.2. The van der Waals surface area contributed by atoms with Crippen LogP contribution in [0.15, 0.2) is 54.6 Å². The standard InChI is InChI=1S/C21H23ClN2O/c22-19-9-5-4-8-17(19)15-24-12-10-21(11-13-24)14-18(20(25)23-21)16-6-2-1-3-7-16/h1-9,18H,10-15H2,(H,23,25)/t18-/m0/s1. The van der Waals surface area contributed by atoms with Crippen molar-refractivity contribution in [3.63, 3.8) is 0 Å². The van der Waals surface area contributed by atoms with Crippen molar-refractivity contribution >= 4 is 17.5 Å². The third kappa shape index (κ3) is 3.44. The number of halogens is 1. The summed E-state index contributed by atoms with van der Waals surface area (Å²) in [5, 5.41) is 4.16. The maximum atomic E-state index is 12.5. The maximum absolute atomic E-state index is 12.5. The van der Waals surface area contributed by atoms with Crippen LogP contribution in [0.25, 0.3) is 0 Å². The summed E-state index contributed by atoms with van der Waals surface area (Å²) in [6, 6.07) is 18.2. The van der Waals surface area contributed by atoms with Crippen LogP contribution < -0.4 is 5.32 Å². The van der Waals surface area contributed by atoms with Gasteiger partial charge in [0.05, 0.1) is 5.92 Å². The van der Waals surface area contributed by atoms with E-state index in [1.54, 1.807) is 0 Å². The van der Waals surface area contributed by atoms with Gasteiger partial charge in [-0.3, -0.25) is 9.69 Å². The Kier molecular flexibility index (Phi) is 4.53. The molecule has 4 rings (SSSR count). The van der Waals surface area contributed by atoms with Gasteiger partial charge in [-0.25, -0.2) is 0 Å². The smallest absolute Gasteiger partial charge is 0.228 e. The van der Waals surface area contributed by atoms with Gasteiger partial charge in [-0.15, -0.1) is 0 Å². The Labute approximate surface area is 154 Å². The van der Waals surface area contributed by atoms with Crippen LogP contribution in [0.1, 0.15) is 36.3 Å². The molecule has 2 saturated heterocycles. The summed E-state index contributed by atoms with van der Waals surface area (Å²) in [4.78, 5) is 15.0. The number of likely N-dealkylation sites (tertiary alicyclic amines) is 1. The first-order valence-electron chi connectivity index (χ1n) is 8.98. The fraction of sp³-hybridized carbons (Fsp3) is 0.381. The van der Waals surface area contributed by atoms with Gasteiger partial charge in [-0.2, -0.15) is 0 Å². The minimum absolute atomic E-state index is 0.00341. The molecular formula is C21H23ClN2O. The predicted molar refractivity (Wildman–Crippen MR) is 101 cm³/mol. The van der Waals surface area contributed by atoms with E-state index in [9.17, 15) is 4.79 Å². The van der Waals surface area contributed by atoms with Crippen LogP contribution in [0.3, 0.4) is 0 Å². The van der Waals surface area contributed by atoms with Crippen molar-refractivity contribution in [1.29, 1.82) is 0 Å². The summed E-state index contributed by atoms with van der Waals surface area (Å²) in [7, 11) is 0. The number of nitrogens with zero attached hydrogens (tertiary/aromatic N) is 1. The van der Waals surface area contributed by atoms with E-state index in [0.29, 0.717) is 0 Å². The Balaban J connectivity index is 1.40. The first-order chi connectivity index (χ1) is 12.2. The van der Waals surface area contributed by atoms with Crippen molar-refractivity contribution in [2.75, 3.05) is 13.1 Å². The Morgan fingerprint density at radius 2 is 1.72 bits per heavy atom. The zero-order valence-corrected chi connectivity index (χ0v) is 15.0. The molecule has 0 saturated carbocycles. The first kappa shape index (κ1) is 16.6. The molecule has 0 unspecified atom stereocenters. The van der Waals surface area contributed by atoms with E-state index in [0.717, 1.165) is 49.5 Å². The number of rotatable bonds is 3. The SMILES string of the molecule is O=C1NC2(CCN(Cc3ccccc3Cl)CC2)C[C@H]1c1ccccc1. The highest BCUT2D eigenvalue weighted by atomic mass is 35.5. The fourth-order valence-electron chi connectivity index (χ4n) is 4.17. The van der Waals surface area contributed by atoms with Crippen LogP contribution >= 0.6 is 11.6 Å². The van der Waals surface area contributed by atoms with Crippen LogP contribution in [0, 0.1) is 0 Å². The van der Waals surface area contributed by atoms with Crippen molar-refractivity contribution in [2.45, 2.75) is 37.3 Å². The topological polar surface area (TPSA) is 32.3 Å². The number of nitrogens with one attached hydrogen (secondary N) is 1. The quantitative estimate of drug-likeness (QED) is 0.904. The molecule has 2 fully saturated rings. The molecule has 4 heteroatoms. The Morgan fingerprint density at radius 3 is 2.44 bits per heavy atom. The second kappa shape index (κ2) is 6.81. The molecule has 2 aromatic rings. The highest BCUT2D eigenvalue weighted by Gasteiger charge is 2.46. The average molecular weight is 355 g/mol. The number of piperidine rings is 1. The van der Waals surface area contributed by atoms with Gasteiger partial charge in [0, 0.05) is 30.2 Å². The number of hydrogen-bond donors (Lipinski definition) is 1. The molecule has 1 N–H and O–H groups in total. The molecule has 0 aliphatic carbocycles. The summed E-state index contributed by atoms with van der Waals surface area (Å²) >= 11 is 6.29. The van der Waals surface area contributed by atoms with E-state index in [1.165, 1.54) is 5.56 Å². The molecule has 1 spiro atoms. The highest BCUT2D eigenvalue weighted by molar-refractivity contribution is 6.31. The lowest BCUT2D eigenvalue weighted by Gasteiger charge is -2.39. The second-order valence-electron chi connectivity index (χ2n) is 7.30. The van der Waals surface area contributed by atoms with Gasteiger partial charge in [0.2, 0.25) is 5.91 Å². The lowest BCUT2D eigenvalue weighted by atomic mass is 9.82. The molecule has 2 heterocycles. The van der Waals surface area contributed by atoms with Gasteiger partial charge < -0.3 is 5.32 Å². The monoisotopic (exact) mass is 354 g/mol. The Morgan fingerprint density at radius 1 is 1.04 bits per heavy atom. The van der Waals surface area contributed by atoms with Crippen LogP contribution in [0.4, 0.5) is 0 Å². The van der Waals surface area contributed by atoms with E-state index in [1.807, 2.05) is 36.4 Å². The van der Waals surface area contributed by atoms with E-state index < -0.39 is 0 Å². The molecule has 2 aliphatic rings. The predicted octanol–water partition coefficient (Wildman–Crippen LogP) is 3.98. The van der Waals surface area contributed by atoms with E-state index in [4.69, 9.17) is 11.6 Å². The van der Waals surface area contributed by atoms with Crippen molar-refractivity contribution in [3.05, 3.63) is 70.7 Å². The third-order valence-electron chi connectivity index (χ3n) is 5.67. The van der Waals surface area contributed by atoms with Crippen LogP contribution in [-0.2, 0) is 11.3 Å². The number of carbonyl (C=O) groups excluding carboxylic acids is 1. The number of carbonyl (C=O) groups is 1. The van der Waals surface area contributed by atoms with Gasteiger partial charge in [0.1, 0.15) is 0 Å². The third-order valence-corrected chi connectivity index (χ3v) is 6.04. The summed E-state index contributed by atoms with van der Waals surface area (Å²) in [5.41, 5.74) is 2.28. The Hall–Kier alpha value is -1.84. The van der Waals surface area contributed by atoms with Crippen molar-refractivity contribution < 1.29 is 4.79 Å². The minimum atomic E-state index is -0.0332. The van der Waals surface area contributed by atoms with Gasteiger partial charge in [0.15, 0.2) is 0 Å². The van der Waals surface area contributed by atoms with Gasteiger partial charge >= 0.3 is 0 Å². The normalized spacial score (nSPS) is 22.9. The summed E-state index contributed by atoms with van der Waals surface area (Å²) < 4.78 is 0. The molecular weight excluding hydrogens is 332 g/mol. The molecule has 2 aromatic carbocycles.